The third kappa shape index (κ3) is 2.26. The van der Waals surface area contributed by atoms with E-state index in [0.29, 0.717) is 36.9 Å². The Morgan fingerprint density at radius 2 is 2.00 bits per heavy atom. The van der Waals surface area contributed by atoms with Gasteiger partial charge < -0.3 is 14.4 Å². The van der Waals surface area contributed by atoms with Crippen LogP contribution in [0.15, 0.2) is 18.2 Å². The van der Waals surface area contributed by atoms with Gasteiger partial charge >= 0.3 is 0 Å². The molecule has 2 heterocycles. The summed E-state index contributed by atoms with van der Waals surface area (Å²) in [4.78, 5) is 24.6. The molecule has 19 heavy (non-hydrogen) atoms. The number of fused-ring (bicyclic) bond motifs is 1. The molecule has 1 amide bonds. The van der Waals surface area contributed by atoms with Gasteiger partial charge in [-0.25, -0.2) is 0 Å². The molecular formula is C13H12ClNO4. The number of hydrogen-bond donors (Lipinski definition) is 0. The number of anilines is 1. The molecule has 1 fully saturated rings. The second kappa shape index (κ2) is 4.74. The summed E-state index contributed by atoms with van der Waals surface area (Å²) in [7, 11) is 0. The lowest BCUT2D eigenvalue weighted by Crippen LogP contribution is -2.25. The zero-order chi connectivity index (χ0) is 13.4. The van der Waals surface area contributed by atoms with E-state index in [2.05, 4.69) is 0 Å². The van der Waals surface area contributed by atoms with Crippen LogP contribution in [-0.4, -0.2) is 30.9 Å². The molecule has 1 aromatic carbocycles. The van der Waals surface area contributed by atoms with E-state index in [9.17, 15) is 9.59 Å². The Bertz CT molecular complexity index is 545. The van der Waals surface area contributed by atoms with Crippen molar-refractivity contribution in [3.63, 3.8) is 0 Å². The number of rotatable bonds is 2. The highest BCUT2D eigenvalue weighted by atomic mass is 35.5. The summed E-state index contributed by atoms with van der Waals surface area (Å²) in [5.41, 5.74) is 0.703. The maximum absolute atomic E-state index is 11.9. The second-order valence-corrected chi connectivity index (χ2v) is 4.91. The van der Waals surface area contributed by atoms with Crippen molar-refractivity contribution in [1.29, 1.82) is 0 Å². The summed E-state index contributed by atoms with van der Waals surface area (Å²) in [6.45, 7) is 1.34. The van der Waals surface area contributed by atoms with Gasteiger partial charge in [0.1, 0.15) is 13.2 Å². The average molecular weight is 282 g/mol. The van der Waals surface area contributed by atoms with Gasteiger partial charge in [-0.15, -0.1) is 0 Å². The van der Waals surface area contributed by atoms with Gasteiger partial charge in [-0.1, -0.05) is 0 Å². The van der Waals surface area contributed by atoms with Gasteiger partial charge in [0.2, 0.25) is 11.1 Å². The third-order valence-corrected chi connectivity index (χ3v) is 3.59. The van der Waals surface area contributed by atoms with Crippen molar-refractivity contribution >= 4 is 28.4 Å². The molecule has 0 radical (unpaired) electrons. The minimum Gasteiger partial charge on any atom is -0.486 e. The summed E-state index contributed by atoms with van der Waals surface area (Å²) < 4.78 is 10.9. The molecule has 0 unspecified atom stereocenters. The van der Waals surface area contributed by atoms with Crippen molar-refractivity contribution in [2.45, 2.75) is 6.42 Å². The van der Waals surface area contributed by atoms with E-state index >= 15 is 0 Å². The van der Waals surface area contributed by atoms with Crippen LogP contribution in [0, 0.1) is 5.92 Å². The molecule has 0 aliphatic carbocycles. The number of benzene rings is 1. The zero-order valence-corrected chi connectivity index (χ0v) is 10.9. The van der Waals surface area contributed by atoms with Crippen molar-refractivity contribution in [2.24, 2.45) is 5.92 Å². The minimum atomic E-state index is -0.464. The quantitative estimate of drug-likeness (QED) is 0.772. The first-order valence-corrected chi connectivity index (χ1v) is 6.42. The maximum Gasteiger partial charge on any atom is 0.227 e. The molecular weight excluding hydrogens is 270 g/mol. The van der Waals surface area contributed by atoms with Crippen molar-refractivity contribution in [2.75, 3.05) is 24.7 Å². The van der Waals surface area contributed by atoms with Crippen LogP contribution in [0.2, 0.25) is 0 Å². The Hall–Kier alpha value is -1.75. The third-order valence-electron chi connectivity index (χ3n) is 3.28. The van der Waals surface area contributed by atoms with Gasteiger partial charge in [-0.2, -0.15) is 0 Å². The summed E-state index contributed by atoms with van der Waals surface area (Å²) in [6, 6.07) is 5.31. The lowest BCUT2D eigenvalue weighted by atomic mass is 10.1. The Morgan fingerprint density at radius 3 is 2.68 bits per heavy atom. The number of nitrogens with zero attached hydrogens (tertiary/aromatic N) is 1. The number of hydrogen-bond acceptors (Lipinski definition) is 4. The van der Waals surface area contributed by atoms with E-state index in [1.54, 1.807) is 23.1 Å². The number of halogens is 1. The van der Waals surface area contributed by atoms with Gasteiger partial charge in [-0.3, -0.25) is 9.59 Å². The van der Waals surface area contributed by atoms with Crippen LogP contribution in [0.4, 0.5) is 5.69 Å². The molecule has 1 saturated heterocycles. The largest absolute Gasteiger partial charge is 0.486 e. The summed E-state index contributed by atoms with van der Waals surface area (Å²) in [6.07, 6.45) is 0.163. The van der Waals surface area contributed by atoms with Crippen LogP contribution in [-0.2, 0) is 9.59 Å². The van der Waals surface area contributed by atoms with E-state index in [1.807, 2.05) is 0 Å². The minimum absolute atomic E-state index is 0.101. The average Bonchev–Trinajstić information content (AvgIpc) is 2.80. The molecule has 1 aromatic rings. The highest BCUT2D eigenvalue weighted by Crippen LogP contribution is 2.36. The first-order valence-electron chi connectivity index (χ1n) is 6.04. The van der Waals surface area contributed by atoms with Crippen LogP contribution in [0.5, 0.6) is 11.5 Å². The summed E-state index contributed by atoms with van der Waals surface area (Å²) >= 11 is 5.46. The predicted molar refractivity (Wildman–Crippen MR) is 68.8 cm³/mol. The molecule has 3 rings (SSSR count). The van der Waals surface area contributed by atoms with Gasteiger partial charge in [0.15, 0.2) is 11.5 Å². The van der Waals surface area contributed by atoms with Crippen molar-refractivity contribution in [3.8, 4) is 11.5 Å². The van der Waals surface area contributed by atoms with Crippen LogP contribution in [0.1, 0.15) is 6.42 Å². The van der Waals surface area contributed by atoms with Gasteiger partial charge in [0.25, 0.3) is 0 Å². The van der Waals surface area contributed by atoms with Crippen LogP contribution in [0.3, 0.4) is 0 Å². The number of amides is 1. The lowest BCUT2D eigenvalue weighted by Gasteiger charge is -2.22. The van der Waals surface area contributed by atoms with E-state index in [4.69, 9.17) is 21.1 Å². The molecule has 6 heteroatoms. The van der Waals surface area contributed by atoms with Crippen LogP contribution < -0.4 is 14.4 Å². The Balaban J connectivity index is 1.86. The fourth-order valence-corrected chi connectivity index (χ4v) is 2.46. The van der Waals surface area contributed by atoms with Crippen LogP contribution in [0.25, 0.3) is 0 Å². The SMILES string of the molecule is O=C(Cl)[C@@H]1CC(=O)N(c2ccc3c(c2)OCCO3)C1. The molecule has 100 valence electrons. The first kappa shape index (κ1) is 12.3. The molecule has 2 aliphatic rings. The summed E-state index contributed by atoms with van der Waals surface area (Å²) in [5, 5.41) is -0.464. The van der Waals surface area contributed by atoms with Crippen LogP contribution >= 0.6 is 11.6 Å². The standard InChI is InChI=1S/C13H12ClNO4/c14-13(17)8-5-12(16)15(7-8)9-1-2-10-11(6-9)19-4-3-18-10/h1-2,6,8H,3-5,7H2/t8-/m1/s1. The lowest BCUT2D eigenvalue weighted by molar-refractivity contribution is -0.120. The monoisotopic (exact) mass is 281 g/mol. The number of carbonyl (C=O) groups is 2. The van der Waals surface area contributed by atoms with Gasteiger partial charge in [0.05, 0.1) is 5.92 Å². The maximum atomic E-state index is 11.9. The van der Waals surface area contributed by atoms with Crippen molar-refractivity contribution < 1.29 is 19.1 Å². The van der Waals surface area contributed by atoms with Crippen molar-refractivity contribution in [1.82, 2.24) is 0 Å². The summed E-state index contributed by atoms with van der Waals surface area (Å²) in [5.74, 6) is 0.766. The number of carbonyl (C=O) groups excluding carboxylic acids is 2. The van der Waals surface area contributed by atoms with Gasteiger partial charge in [0, 0.05) is 24.7 Å². The smallest absolute Gasteiger partial charge is 0.227 e. The predicted octanol–water partition coefficient (Wildman–Crippen LogP) is 1.58. The molecule has 0 spiro atoms. The normalized spacial score (nSPS) is 21.6. The molecule has 0 bridgehead atoms. The molecule has 0 N–H and O–H groups in total. The van der Waals surface area contributed by atoms with E-state index in [0.717, 1.165) is 0 Å². The Labute approximate surface area is 115 Å². The fourth-order valence-electron chi connectivity index (χ4n) is 2.31. The Morgan fingerprint density at radius 1 is 1.26 bits per heavy atom. The molecule has 5 nitrogen and oxygen atoms in total. The fraction of sp³-hybridized carbons (Fsp3) is 0.385. The van der Waals surface area contributed by atoms with E-state index < -0.39 is 11.2 Å². The molecule has 0 aromatic heterocycles. The van der Waals surface area contributed by atoms with Gasteiger partial charge in [-0.05, 0) is 23.7 Å². The zero-order valence-electron chi connectivity index (χ0n) is 10.1. The topological polar surface area (TPSA) is 55.8 Å². The van der Waals surface area contributed by atoms with E-state index in [-0.39, 0.29) is 12.3 Å². The number of ether oxygens (including phenoxy) is 2. The molecule has 0 saturated carbocycles. The molecule has 2 aliphatic heterocycles. The highest BCUT2D eigenvalue weighted by Gasteiger charge is 2.34. The highest BCUT2D eigenvalue weighted by molar-refractivity contribution is 6.64. The second-order valence-electron chi connectivity index (χ2n) is 4.54. The van der Waals surface area contributed by atoms with E-state index in [1.165, 1.54) is 0 Å². The molecule has 1 atom stereocenters. The Kier molecular flexibility index (Phi) is 3.06. The van der Waals surface area contributed by atoms with Crippen molar-refractivity contribution in [3.05, 3.63) is 18.2 Å². The first-order chi connectivity index (χ1) is 9.15.